The fraction of sp³-hybridized carbons (Fsp3) is 0.409. The Hall–Kier alpha value is -2.46. The van der Waals surface area contributed by atoms with E-state index >= 15 is 0 Å². The quantitative estimate of drug-likeness (QED) is 0.344. The fourth-order valence-electron chi connectivity index (χ4n) is 2.36. The summed E-state index contributed by atoms with van der Waals surface area (Å²) in [6.07, 6.45) is 0.00678. The van der Waals surface area contributed by atoms with Crippen LogP contribution in [0.3, 0.4) is 0 Å². The number of benzene rings is 2. The molecular weight excluding hydrogens is 422 g/mol. The highest BCUT2D eigenvalue weighted by Gasteiger charge is 2.17. The maximum absolute atomic E-state index is 11.4. The van der Waals surface area contributed by atoms with E-state index in [9.17, 15) is 18.3 Å². The second-order valence-electron chi connectivity index (χ2n) is 8.05. The molecule has 0 saturated heterocycles. The molecule has 2 aromatic carbocycles. The van der Waals surface area contributed by atoms with E-state index in [4.69, 9.17) is 14.0 Å². The summed E-state index contributed by atoms with van der Waals surface area (Å²) in [5.74, 6) is 0.949. The van der Waals surface area contributed by atoms with Gasteiger partial charge in [0.1, 0.15) is 5.75 Å². The highest BCUT2D eigenvalue weighted by molar-refractivity contribution is 7.85. The number of ether oxygens (including phenoxy) is 2. The number of carbonyl (C=O) groups is 1. The molecule has 0 fully saturated rings. The zero-order valence-electron chi connectivity index (χ0n) is 18.7. The van der Waals surface area contributed by atoms with E-state index in [0.29, 0.717) is 35.6 Å². The average Bonchev–Trinajstić information content (AvgIpc) is 2.60. The van der Waals surface area contributed by atoms with Crippen LogP contribution in [-0.4, -0.2) is 42.4 Å². The fourth-order valence-corrected chi connectivity index (χ4v) is 2.36. The Bertz CT molecular complexity index is 974. The summed E-state index contributed by atoms with van der Waals surface area (Å²) in [4.78, 5) is 11.4. The summed E-state index contributed by atoms with van der Waals surface area (Å²) in [5, 5.41) is 13.7. The highest BCUT2D eigenvalue weighted by Crippen LogP contribution is 2.35. The third-order valence-corrected chi connectivity index (χ3v) is 3.75. The number of aryl methyl sites for hydroxylation is 1. The third-order valence-electron chi connectivity index (χ3n) is 3.75. The van der Waals surface area contributed by atoms with Gasteiger partial charge >= 0.3 is 5.97 Å². The largest absolute Gasteiger partial charge is 0.453 e. The molecule has 0 saturated carbocycles. The zero-order chi connectivity index (χ0) is 23.8. The standard InChI is InChI=1S/C21H27NO4.CH4O3S/c1-14-8-6-7-9-18(14)26-20-12-16(10-11-19(20)25-15(2)23)17(24)13-22-21(3,4)5;1-5(2,3)4/h6-12,17,22,24H,13H2,1-5H3;1H3,(H,2,3,4). The van der Waals surface area contributed by atoms with Gasteiger partial charge in [0.25, 0.3) is 10.1 Å². The average molecular weight is 454 g/mol. The molecule has 0 aliphatic heterocycles. The molecule has 0 radical (unpaired) electrons. The number of nitrogens with one attached hydrogen (secondary N) is 1. The van der Waals surface area contributed by atoms with Gasteiger partial charge in [0.2, 0.25) is 0 Å². The van der Waals surface area contributed by atoms with Gasteiger partial charge in [-0.05, 0) is 57.0 Å². The molecule has 0 spiro atoms. The molecule has 0 aromatic heterocycles. The van der Waals surface area contributed by atoms with Gasteiger partial charge in [0.15, 0.2) is 11.5 Å². The first-order valence-electron chi connectivity index (χ1n) is 9.57. The number of aliphatic hydroxyl groups excluding tert-OH is 1. The van der Waals surface area contributed by atoms with Crippen molar-refractivity contribution in [2.45, 2.75) is 46.3 Å². The number of hydrogen-bond donors (Lipinski definition) is 3. The minimum atomic E-state index is -3.67. The van der Waals surface area contributed by atoms with Crippen molar-refractivity contribution in [3.63, 3.8) is 0 Å². The molecule has 172 valence electrons. The molecule has 8 nitrogen and oxygen atoms in total. The van der Waals surface area contributed by atoms with E-state index in [-0.39, 0.29) is 5.54 Å². The number of β-amino-alcohol motifs (C(OH)–C–C–N with tert-alkyl or cyclic N) is 1. The van der Waals surface area contributed by atoms with Crippen molar-refractivity contribution in [2.24, 2.45) is 0 Å². The van der Waals surface area contributed by atoms with Crippen LogP contribution in [0.1, 0.15) is 44.9 Å². The topological polar surface area (TPSA) is 122 Å². The number of para-hydroxylation sites is 1. The van der Waals surface area contributed by atoms with Crippen LogP contribution in [-0.2, 0) is 14.9 Å². The lowest BCUT2D eigenvalue weighted by atomic mass is 10.1. The molecule has 9 heteroatoms. The summed E-state index contributed by atoms with van der Waals surface area (Å²) in [6, 6.07) is 12.7. The minimum absolute atomic E-state index is 0.0981. The van der Waals surface area contributed by atoms with Crippen LogP contribution in [0.5, 0.6) is 17.2 Å². The lowest BCUT2D eigenvalue weighted by molar-refractivity contribution is -0.132. The van der Waals surface area contributed by atoms with Crippen LogP contribution in [0.2, 0.25) is 0 Å². The van der Waals surface area contributed by atoms with Crippen LogP contribution in [0, 0.1) is 6.92 Å². The maximum Gasteiger partial charge on any atom is 0.308 e. The van der Waals surface area contributed by atoms with Gasteiger partial charge in [0.05, 0.1) is 12.4 Å². The van der Waals surface area contributed by atoms with Crippen molar-refractivity contribution < 1.29 is 32.3 Å². The Morgan fingerprint density at radius 2 is 1.68 bits per heavy atom. The van der Waals surface area contributed by atoms with Crippen molar-refractivity contribution in [3.8, 4) is 17.2 Å². The first kappa shape index (κ1) is 26.6. The molecule has 2 rings (SSSR count). The molecule has 1 atom stereocenters. The monoisotopic (exact) mass is 453 g/mol. The molecular formula is C22H31NO7S. The molecule has 3 N–H and O–H groups in total. The lowest BCUT2D eigenvalue weighted by Gasteiger charge is -2.23. The summed E-state index contributed by atoms with van der Waals surface area (Å²) >= 11 is 0. The second kappa shape index (κ2) is 11.2. The van der Waals surface area contributed by atoms with E-state index < -0.39 is 22.2 Å². The van der Waals surface area contributed by atoms with Gasteiger partial charge in [-0.25, -0.2) is 0 Å². The van der Waals surface area contributed by atoms with Gasteiger partial charge < -0.3 is 19.9 Å². The van der Waals surface area contributed by atoms with Gasteiger partial charge in [-0.3, -0.25) is 9.35 Å². The molecule has 0 aliphatic rings. The van der Waals surface area contributed by atoms with Crippen LogP contribution in [0.15, 0.2) is 42.5 Å². The van der Waals surface area contributed by atoms with E-state index in [2.05, 4.69) is 5.32 Å². The van der Waals surface area contributed by atoms with Crippen molar-refractivity contribution >= 4 is 16.1 Å². The smallest absolute Gasteiger partial charge is 0.308 e. The summed E-state index contributed by atoms with van der Waals surface area (Å²) in [5.41, 5.74) is 1.54. The molecule has 2 aromatic rings. The highest BCUT2D eigenvalue weighted by atomic mass is 32.2. The van der Waals surface area contributed by atoms with E-state index in [1.165, 1.54) is 6.92 Å². The predicted molar refractivity (Wildman–Crippen MR) is 119 cm³/mol. The predicted octanol–water partition coefficient (Wildman–Crippen LogP) is 3.64. The first-order valence-corrected chi connectivity index (χ1v) is 11.4. The minimum Gasteiger partial charge on any atom is -0.453 e. The number of rotatable bonds is 6. The lowest BCUT2D eigenvalue weighted by Crippen LogP contribution is -2.38. The van der Waals surface area contributed by atoms with E-state index in [1.807, 2.05) is 52.0 Å². The van der Waals surface area contributed by atoms with Crippen molar-refractivity contribution in [3.05, 3.63) is 53.6 Å². The molecule has 0 amide bonds. The Kier molecular flexibility index (Phi) is 9.64. The molecule has 0 aliphatic carbocycles. The van der Waals surface area contributed by atoms with Crippen LogP contribution in [0.4, 0.5) is 0 Å². The number of carbonyl (C=O) groups excluding carboxylic acids is 1. The maximum atomic E-state index is 11.4. The van der Waals surface area contributed by atoms with Crippen molar-refractivity contribution in [1.29, 1.82) is 0 Å². The van der Waals surface area contributed by atoms with Crippen molar-refractivity contribution in [2.75, 3.05) is 12.8 Å². The van der Waals surface area contributed by atoms with Gasteiger partial charge in [0, 0.05) is 19.0 Å². The summed E-state index contributed by atoms with van der Waals surface area (Å²) < 4.78 is 37.1. The normalized spacial score (nSPS) is 12.4. The van der Waals surface area contributed by atoms with E-state index in [1.54, 1.807) is 18.2 Å². The van der Waals surface area contributed by atoms with Crippen molar-refractivity contribution in [1.82, 2.24) is 5.32 Å². The summed E-state index contributed by atoms with van der Waals surface area (Å²) in [6.45, 7) is 9.79. The van der Waals surface area contributed by atoms with Crippen LogP contribution >= 0.6 is 0 Å². The van der Waals surface area contributed by atoms with Gasteiger partial charge in [-0.15, -0.1) is 0 Å². The first-order chi connectivity index (χ1) is 14.2. The Balaban J connectivity index is 0.000000861. The molecule has 0 heterocycles. The molecule has 1 unspecified atom stereocenters. The van der Waals surface area contributed by atoms with Gasteiger partial charge in [-0.2, -0.15) is 8.42 Å². The number of aliphatic hydroxyl groups is 1. The zero-order valence-corrected chi connectivity index (χ0v) is 19.5. The second-order valence-corrected chi connectivity index (χ2v) is 9.51. The Morgan fingerprint density at radius 1 is 1.10 bits per heavy atom. The Labute approximate surface area is 184 Å². The summed E-state index contributed by atoms with van der Waals surface area (Å²) in [7, 11) is -3.67. The Morgan fingerprint density at radius 3 is 2.19 bits per heavy atom. The van der Waals surface area contributed by atoms with Gasteiger partial charge in [-0.1, -0.05) is 24.3 Å². The third kappa shape index (κ3) is 11.5. The SMILES string of the molecule is CC(=O)Oc1ccc(C(O)CNC(C)(C)C)cc1Oc1ccccc1C.CS(=O)(=O)O. The number of esters is 1. The van der Waals surface area contributed by atoms with E-state index in [0.717, 1.165) is 5.56 Å². The van der Waals surface area contributed by atoms with Crippen LogP contribution < -0.4 is 14.8 Å². The molecule has 0 bridgehead atoms. The van der Waals surface area contributed by atoms with Crippen LogP contribution in [0.25, 0.3) is 0 Å². The number of hydrogen-bond acceptors (Lipinski definition) is 7. The molecule has 31 heavy (non-hydrogen) atoms.